The minimum absolute atomic E-state index is 0.249. The largest absolute Gasteiger partial charge is 0.387 e. The van der Waals surface area contributed by atoms with E-state index in [4.69, 9.17) is 15.1 Å². The lowest BCUT2D eigenvalue weighted by Crippen LogP contribution is -2.37. The van der Waals surface area contributed by atoms with Crippen molar-refractivity contribution >= 4 is 39.6 Å². The summed E-state index contributed by atoms with van der Waals surface area (Å²) in [6, 6.07) is 6.41. The lowest BCUT2D eigenvalue weighted by molar-refractivity contribution is -0.135. The van der Waals surface area contributed by atoms with Gasteiger partial charge in [0.1, 0.15) is 18.1 Å². The summed E-state index contributed by atoms with van der Waals surface area (Å²) in [4.78, 5) is 32.3. The second-order valence-electron chi connectivity index (χ2n) is 10.1. The predicted octanol–water partition coefficient (Wildman–Crippen LogP) is 3.36. The van der Waals surface area contributed by atoms with Gasteiger partial charge in [0, 0.05) is 54.4 Å². The molecule has 9 nitrogen and oxygen atoms in total. The fourth-order valence-electron chi connectivity index (χ4n) is 6.50. The molecule has 4 aromatic rings. The lowest BCUT2D eigenvalue weighted by atomic mass is 9.95. The van der Waals surface area contributed by atoms with Crippen LogP contribution in [0.3, 0.4) is 0 Å². The van der Waals surface area contributed by atoms with Crippen molar-refractivity contribution in [3.05, 3.63) is 48.0 Å². The average molecular weight is 470 g/mol. The normalized spacial score (nSPS) is 23.2. The average Bonchev–Trinajstić information content (AvgIpc) is 3.60. The van der Waals surface area contributed by atoms with Gasteiger partial charge in [-0.2, -0.15) is 4.98 Å². The standard InChI is InChI=1S/C26H27N7O2/c34-14-24(35)32-8-6-20-17(13-32)3-4-23(29-20)30-26-28-11-19-18-5-7-27-12-22(18)33(25(19)31-26)21-10-15-1-2-16(21)9-15/h3-5,7,11-12,15-16,21,34H,1-2,6,8-10,13-14H2,(H,28,29,30,31)/t15?,16?,21-/m1/s1. The Morgan fingerprint density at radius 2 is 2.06 bits per heavy atom. The minimum Gasteiger partial charge on any atom is -0.387 e. The first-order valence-electron chi connectivity index (χ1n) is 12.4. The van der Waals surface area contributed by atoms with Gasteiger partial charge in [-0.15, -0.1) is 0 Å². The highest BCUT2D eigenvalue weighted by Crippen LogP contribution is 2.52. The molecule has 3 aliphatic rings. The number of aliphatic hydroxyl groups is 1. The van der Waals surface area contributed by atoms with E-state index >= 15 is 0 Å². The Labute approximate surface area is 202 Å². The van der Waals surface area contributed by atoms with Crippen LogP contribution in [0.2, 0.25) is 0 Å². The summed E-state index contributed by atoms with van der Waals surface area (Å²) in [5.74, 6) is 2.51. The van der Waals surface area contributed by atoms with Crippen LogP contribution in [0.5, 0.6) is 0 Å². The molecule has 2 N–H and O–H groups in total. The van der Waals surface area contributed by atoms with Crippen molar-refractivity contribution in [3.8, 4) is 0 Å². The molecule has 9 heteroatoms. The summed E-state index contributed by atoms with van der Waals surface area (Å²) in [6.45, 7) is 0.572. The number of pyridine rings is 2. The number of anilines is 2. The van der Waals surface area contributed by atoms with Crippen molar-refractivity contribution in [2.75, 3.05) is 18.5 Å². The van der Waals surface area contributed by atoms with E-state index in [-0.39, 0.29) is 5.91 Å². The molecule has 1 amide bonds. The van der Waals surface area contributed by atoms with E-state index in [1.165, 1.54) is 25.7 Å². The molecule has 0 spiro atoms. The van der Waals surface area contributed by atoms with Gasteiger partial charge in [-0.1, -0.05) is 12.5 Å². The Balaban J connectivity index is 1.23. The fraction of sp³-hybridized carbons (Fsp3) is 0.423. The number of hydrogen-bond donors (Lipinski definition) is 2. The molecule has 178 valence electrons. The number of nitrogens with zero attached hydrogens (tertiary/aromatic N) is 6. The number of fused-ring (bicyclic) bond motifs is 6. The van der Waals surface area contributed by atoms with Crippen LogP contribution in [0.25, 0.3) is 21.9 Å². The smallest absolute Gasteiger partial charge is 0.248 e. The molecule has 2 fully saturated rings. The third-order valence-corrected chi connectivity index (χ3v) is 8.16. The van der Waals surface area contributed by atoms with Crippen LogP contribution in [-0.4, -0.2) is 53.6 Å². The lowest BCUT2D eigenvalue weighted by Gasteiger charge is -2.28. The second kappa shape index (κ2) is 7.98. The number of amides is 1. The van der Waals surface area contributed by atoms with Gasteiger partial charge in [0.05, 0.1) is 11.7 Å². The Morgan fingerprint density at radius 1 is 1.11 bits per heavy atom. The number of nitrogens with one attached hydrogen (secondary N) is 1. The summed E-state index contributed by atoms with van der Waals surface area (Å²) in [6.07, 6.45) is 11.6. The molecule has 0 saturated heterocycles. The van der Waals surface area contributed by atoms with E-state index in [0.717, 1.165) is 39.1 Å². The summed E-state index contributed by atoms with van der Waals surface area (Å²) >= 11 is 0. The SMILES string of the molecule is O=C(CO)N1CCc2nc(Nc3ncc4c5ccncc5n([C@@H]5CC6CCC5C6)c4n3)ccc2C1. The summed E-state index contributed by atoms with van der Waals surface area (Å²) < 4.78 is 2.42. The van der Waals surface area contributed by atoms with Crippen molar-refractivity contribution in [1.82, 2.24) is 29.4 Å². The van der Waals surface area contributed by atoms with Gasteiger partial charge in [0.2, 0.25) is 11.9 Å². The first-order valence-corrected chi connectivity index (χ1v) is 12.4. The minimum atomic E-state index is -0.461. The van der Waals surface area contributed by atoms with Gasteiger partial charge in [-0.05, 0) is 48.8 Å². The Morgan fingerprint density at radius 3 is 2.89 bits per heavy atom. The van der Waals surface area contributed by atoms with Crippen LogP contribution < -0.4 is 5.32 Å². The number of hydrogen-bond acceptors (Lipinski definition) is 7. The highest BCUT2D eigenvalue weighted by Gasteiger charge is 2.41. The quantitative estimate of drug-likeness (QED) is 0.472. The van der Waals surface area contributed by atoms with Crippen LogP contribution in [-0.2, 0) is 17.8 Å². The van der Waals surface area contributed by atoms with E-state index in [9.17, 15) is 4.79 Å². The molecule has 4 aromatic heterocycles. The highest BCUT2D eigenvalue weighted by molar-refractivity contribution is 6.06. The molecular weight excluding hydrogens is 442 g/mol. The zero-order valence-corrected chi connectivity index (χ0v) is 19.4. The highest BCUT2D eigenvalue weighted by atomic mass is 16.3. The van der Waals surface area contributed by atoms with Crippen molar-refractivity contribution in [2.45, 2.75) is 44.7 Å². The zero-order chi connectivity index (χ0) is 23.5. The van der Waals surface area contributed by atoms with Crippen molar-refractivity contribution in [1.29, 1.82) is 0 Å². The zero-order valence-electron chi connectivity index (χ0n) is 19.4. The van der Waals surface area contributed by atoms with E-state index < -0.39 is 6.61 Å². The molecule has 7 rings (SSSR count). The van der Waals surface area contributed by atoms with E-state index in [0.29, 0.717) is 43.2 Å². The topological polar surface area (TPSA) is 109 Å². The monoisotopic (exact) mass is 469 g/mol. The third kappa shape index (κ3) is 3.36. The number of carbonyl (C=O) groups is 1. The molecule has 2 unspecified atom stereocenters. The Hall–Kier alpha value is -3.59. The Kier molecular flexibility index (Phi) is 4.73. The van der Waals surface area contributed by atoms with E-state index in [2.05, 4.69) is 25.9 Å². The Bertz CT molecular complexity index is 1470. The van der Waals surface area contributed by atoms with Crippen molar-refractivity contribution < 1.29 is 9.90 Å². The first kappa shape index (κ1) is 20.8. The van der Waals surface area contributed by atoms with Crippen LogP contribution in [0.15, 0.2) is 36.8 Å². The van der Waals surface area contributed by atoms with Crippen LogP contribution in [0, 0.1) is 11.8 Å². The maximum atomic E-state index is 11.8. The number of aliphatic hydroxyl groups excluding tert-OH is 1. The van der Waals surface area contributed by atoms with Crippen LogP contribution >= 0.6 is 0 Å². The van der Waals surface area contributed by atoms with E-state index in [1.54, 1.807) is 4.90 Å². The van der Waals surface area contributed by atoms with Gasteiger partial charge in [-0.3, -0.25) is 9.78 Å². The van der Waals surface area contributed by atoms with Crippen LogP contribution in [0.4, 0.5) is 11.8 Å². The molecule has 35 heavy (non-hydrogen) atoms. The van der Waals surface area contributed by atoms with Gasteiger partial charge in [-0.25, -0.2) is 9.97 Å². The maximum absolute atomic E-state index is 11.8. The van der Waals surface area contributed by atoms with Crippen molar-refractivity contribution in [3.63, 3.8) is 0 Å². The van der Waals surface area contributed by atoms with E-state index in [1.807, 2.05) is 30.7 Å². The van der Waals surface area contributed by atoms with Gasteiger partial charge in [0.15, 0.2) is 0 Å². The first-order chi connectivity index (χ1) is 17.2. The van der Waals surface area contributed by atoms with Gasteiger partial charge < -0.3 is 19.9 Å². The molecule has 2 aliphatic carbocycles. The molecule has 2 saturated carbocycles. The molecule has 0 aromatic carbocycles. The molecule has 1 aliphatic heterocycles. The number of aromatic nitrogens is 5. The predicted molar refractivity (Wildman–Crippen MR) is 131 cm³/mol. The molecule has 3 atom stereocenters. The third-order valence-electron chi connectivity index (χ3n) is 8.16. The van der Waals surface area contributed by atoms with Crippen molar-refractivity contribution in [2.24, 2.45) is 11.8 Å². The van der Waals surface area contributed by atoms with Gasteiger partial charge in [0.25, 0.3) is 0 Å². The maximum Gasteiger partial charge on any atom is 0.248 e. The van der Waals surface area contributed by atoms with Crippen LogP contribution in [0.1, 0.15) is 43.0 Å². The molecule has 2 bridgehead atoms. The number of rotatable bonds is 4. The number of carbonyl (C=O) groups excluding carboxylic acids is 1. The summed E-state index contributed by atoms with van der Waals surface area (Å²) in [5.41, 5.74) is 4.06. The summed E-state index contributed by atoms with van der Waals surface area (Å²) in [5, 5.41) is 14.7. The second-order valence-corrected chi connectivity index (χ2v) is 10.1. The molecule has 0 radical (unpaired) electrons. The fourth-order valence-corrected chi connectivity index (χ4v) is 6.50. The summed E-state index contributed by atoms with van der Waals surface area (Å²) in [7, 11) is 0. The van der Waals surface area contributed by atoms with Gasteiger partial charge >= 0.3 is 0 Å². The molecule has 5 heterocycles. The molecular formula is C26H27N7O2.